The molecule has 4 heteroatoms. The number of aliphatic imine (C=N–C) groups is 1. The van der Waals surface area contributed by atoms with E-state index in [4.69, 9.17) is 5.26 Å². The van der Waals surface area contributed by atoms with Crippen molar-refractivity contribution < 1.29 is 0 Å². The molecule has 0 aliphatic carbocycles. The number of nitrogens with zero attached hydrogens (tertiary/aromatic N) is 3. The molecule has 0 aliphatic rings. The molecule has 0 unspecified atom stereocenters. The zero-order valence-electron chi connectivity index (χ0n) is 6.65. The number of hydrogen-bond acceptors (Lipinski definition) is 3. The Morgan fingerprint density at radius 1 is 1.75 bits per heavy atom. The first-order chi connectivity index (χ1) is 5.83. The summed E-state index contributed by atoms with van der Waals surface area (Å²) in [6.07, 6.45) is 5.09. The van der Waals surface area contributed by atoms with Crippen LogP contribution in [0.2, 0.25) is 0 Å². The molecule has 0 saturated carbocycles. The van der Waals surface area contributed by atoms with Crippen LogP contribution in [0.4, 0.5) is 5.69 Å². The predicted molar refractivity (Wildman–Crippen MR) is 45.8 cm³/mol. The summed E-state index contributed by atoms with van der Waals surface area (Å²) in [6.45, 7) is 1.72. The van der Waals surface area contributed by atoms with E-state index >= 15 is 0 Å². The number of nitrogens with one attached hydrogen (secondary N) is 1. The van der Waals surface area contributed by atoms with Gasteiger partial charge in [0.25, 0.3) is 0 Å². The number of amidine groups is 1. The topological polar surface area (TPSA) is 61.1 Å². The van der Waals surface area contributed by atoms with E-state index in [-0.39, 0.29) is 0 Å². The normalized spacial score (nSPS) is 10.5. The van der Waals surface area contributed by atoms with Crippen molar-refractivity contribution in [3.05, 3.63) is 24.5 Å². The van der Waals surface area contributed by atoms with Gasteiger partial charge in [-0.15, -0.1) is 0 Å². The van der Waals surface area contributed by atoms with Crippen molar-refractivity contribution in [2.45, 2.75) is 6.92 Å². The molecule has 4 nitrogen and oxygen atoms in total. The lowest BCUT2D eigenvalue weighted by molar-refractivity contribution is 1.22. The van der Waals surface area contributed by atoms with Gasteiger partial charge in [-0.1, -0.05) is 0 Å². The molecule has 12 heavy (non-hydrogen) atoms. The van der Waals surface area contributed by atoms with Crippen LogP contribution in [0.1, 0.15) is 6.92 Å². The first-order valence-corrected chi connectivity index (χ1v) is 3.43. The molecule has 0 bridgehead atoms. The summed E-state index contributed by atoms with van der Waals surface area (Å²) in [5.74, 6) is 0.561. The molecular formula is C8H8N4. The van der Waals surface area contributed by atoms with Crippen LogP contribution in [-0.4, -0.2) is 10.8 Å². The minimum absolute atomic E-state index is 0.561. The highest BCUT2D eigenvalue weighted by molar-refractivity contribution is 5.83. The highest BCUT2D eigenvalue weighted by Gasteiger charge is 1.88. The van der Waals surface area contributed by atoms with Gasteiger partial charge in [-0.2, -0.15) is 5.26 Å². The Balaban J connectivity index is 2.76. The van der Waals surface area contributed by atoms with Crippen molar-refractivity contribution in [1.82, 2.24) is 10.3 Å². The van der Waals surface area contributed by atoms with Crippen molar-refractivity contribution in [3.63, 3.8) is 0 Å². The SMILES string of the molecule is CC(=Nc1cccnc1)NC#N. The summed E-state index contributed by atoms with van der Waals surface area (Å²) in [5.41, 5.74) is 0.734. The Bertz CT molecular complexity index is 310. The van der Waals surface area contributed by atoms with Crippen molar-refractivity contribution in [2.75, 3.05) is 0 Å². The Kier molecular flexibility index (Phi) is 2.79. The van der Waals surface area contributed by atoms with Crippen molar-refractivity contribution >= 4 is 11.5 Å². The van der Waals surface area contributed by atoms with Gasteiger partial charge in [0.2, 0.25) is 0 Å². The fourth-order valence-corrected chi connectivity index (χ4v) is 0.722. The molecule has 1 aromatic heterocycles. The molecule has 0 aromatic carbocycles. The van der Waals surface area contributed by atoms with Gasteiger partial charge in [-0.3, -0.25) is 10.3 Å². The van der Waals surface area contributed by atoms with Gasteiger partial charge in [-0.05, 0) is 19.1 Å². The Hall–Kier alpha value is -1.89. The third kappa shape index (κ3) is 2.39. The van der Waals surface area contributed by atoms with Crippen LogP contribution in [-0.2, 0) is 0 Å². The van der Waals surface area contributed by atoms with Gasteiger partial charge in [0.15, 0.2) is 6.19 Å². The van der Waals surface area contributed by atoms with Crippen molar-refractivity contribution in [3.8, 4) is 6.19 Å². The maximum atomic E-state index is 8.26. The monoisotopic (exact) mass is 160 g/mol. The van der Waals surface area contributed by atoms with Crippen LogP contribution < -0.4 is 5.32 Å². The van der Waals surface area contributed by atoms with Crippen LogP contribution in [0, 0.1) is 11.5 Å². The quantitative estimate of drug-likeness (QED) is 0.290. The molecule has 0 atom stereocenters. The highest BCUT2D eigenvalue weighted by Crippen LogP contribution is 2.06. The lowest BCUT2D eigenvalue weighted by atomic mass is 10.4. The van der Waals surface area contributed by atoms with Crippen LogP contribution >= 0.6 is 0 Å². The summed E-state index contributed by atoms with van der Waals surface area (Å²) in [6, 6.07) is 3.61. The average molecular weight is 160 g/mol. The first-order valence-electron chi connectivity index (χ1n) is 3.43. The van der Waals surface area contributed by atoms with Gasteiger partial charge in [-0.25, -0.2) is 4.99 Å². The van der Waals surface area contributed by atoms with E-state index in [1.54, 1.807) is 31.6 Å². The maximum absolute atomic E-state index is 8.26. The zero-order chi connectivity index (χ0) is 8.81. The van der Waals surface area contributed by atoms with Gasteiger partial charge >= 0.3 is 0 Å². The predicted octanol–water partition coefficient (Wildman–Crippen LogP) is 1.20. The summed E-state index contributed by atoms with van der Waals surface area (Å²) in [7, 11) is 0. The molecule has 1 heterocycles. The molecule has 1 rings (SSSR count). The number of hydrogen-bond donors (Lipinski definition) is 1. The molecule has 0 fully saturated rings. The van der Waals surface area contributed by atoms with E-state index in [1.165, 1.54) is 0 Å². The molecule has 0 amide bonds. The largest absolute Gasteiger partial charge is 0.281 e. The lowest BCUT2D eigenvalue weighted by Gasteiger charge is -1.94. The fourth-order valence-electron chi connectivity index (χ4n) is 0.722. The molecular weight excluding hydrogens is 152 g/mol. The Morgan fingerprint density at radius 2 is 2.58 bits per heavy atom. The van der Waals surface area contributed by atoms with E-state index in [2.05, 4.69) is 15.3 Å². The highest BCUT2D eigenvalue weighted by atomic mass is 15.0. The second kappa shape index (κ2) is 4.09. The third-order valence-corrected chi connectivity index (χ3v) is 1.18. The van der Waals surface area contributed by atoms with Crippen molar-refractivity contribution in [1.29, 1.82) is 5.26 Å². The molecule has 1 N–H and O–H groups in total. The number of nitriles is 1. The smallest absolute Gasteiger partial charge is 0.182 e. The van der Waals surface area contributed by atoms with Crippen LogP contribution in [0.3, 0.4) is 0 Å². The average Bonchev–Trinajstić information content (AvgIpc) is 2.06. The third-order valence-electron chi connectivity index (χ3n) is 1.18. The fraction of sp³-hybridized carbons (Fsp3) is 0.125. The number of pyridine rings is 1. The second-order valence-electron chi connectivity index (χ2n) is 2.15. The minimum Gasteiger partial charge on any atom is -0.281 e. The molecule has 0 aliphatic heterocycles. The molecule has 0 radical (unpaired) electrons. The summed E-state index contributed by atoms with van der Waals surface area (Å²) < 4.78 is 0. The van der Waals surface area contributed by atoms with Gasteiger partial charge in [0, 0.05) is 6.20 Å². The van der Waals surface area contributed by atoms with E-state index in [1.807, 2.05) is 6.07 Å². The summed E-state index contributed by atoms with van der Waals surface area (Å²) in [5, 5.41) is 10.7. The Labute approximate surface area is 70.6 Å². The van der Waals surface area contributed by atoms with Crippen LogP contribution in [0.25, 0.3) is 0 Å². The van der Waals surface area contributed by atoms with Crippen LogP contribution in [0.5, 0.6) is 0 Å². The second-order valence-corrected chi connectivity index (χ2v) is 2.15. The van der Waals surface area contributed by atoms with E-state index in [0.29, 0.717) is 5.84 Å². The van der Waals surface area contributed by atoms with E-state index < -0.39 is 0 Å². The van der Waals surface area contributed by atoms with E-state index in [9.17, 15) is 0 Å². The lowest BCUT2D eigenvalue weighted by Crippen LogP contribution is -2.12. The number of rotatable bonds is 1. The molecule has 0 saturated heterocycles. The van der Waals surface area contributed by atoms with Crippen molar-refractivity contribution in [2.24, 2.45) is 4.99 Å². The van der Waals surface area contributed by atoms with Gasteiger partial charge in [0.1, 0.15) is 5.84 Å². The van der Waals surface area contributed by atoms with E-state index in [0.717, 1.165) is 5.69 Å². The standard InChI is InChI=1S/C8H8N4/c1-7(11-6-9)12-8-3-2-4-10-5-8/h2-5H,1H3,(H,11,12). The number of aromatic nitrogens is 1. The van der Waals surface area contributed by atoms with Gasteiger partial charge in [0.05, 0.1) is 11.9 Å². The summed E-state index contributed by atoms with van der Waals surface area (Å²) in [4.78, 5) is 7.95. The molecule has 60 valence electrons. The summed E-state index contributed by atoms with van der Waals surface area (Å²) >= 11 is 0. The minimum atomic E-state index is 0.561. The van der Waals surface area contributed by atoms with Crippen LogP contribution in [0.15, 0.2) is 29.5 Å². The molecule has 1 aromatic rings. The first kappa shape index (κ1) is 8.21. The molecule has 0 spiro atoms. The maximum Gasteiger partial charge on any atom is 0.182 e. The Morgan fingerprint density at radius 3 is 3.17 bits per heavy atom. The van der Waals surface area contributed by atoms with Gasteiger partial charge < -0.3 is 0 Å². The zero-order valence-corrected chi connectivity index (χ0v) is 6.65.